The van der Waals surface area contributed by atoms with Crippen molar-refractivity contribution in [2.24, 2.45) is 0 Å². The van der Waals surface area contributed by atoms with Crippen LogP contribution in [0.15, 0.2) is 134 Å². The summed E-state index contributed by atoms with van der Waals surface area (Å²) in [6, 6.07) is -1.02. The Bertz CT molecular complexity index is 2150. The van der Waals surface area contributed by atoms with E-state index in [9.17, 15) is 61.0 Å². The van der Waals surface area contributed by atoms with Crippen molar-refractivity contribution in [3.63, 3.8) is 0 Å². The van der Waals surface area contributed by atoms with E-state index in [2.05, 4.69) is 141 Å². The topological polar surface area (TPSA) is 307 Å². The lowest BCUT2D eigenvalue weighted by Crippen LogP contribution is -2.66. The number of nitrogens with one attached hydrogen (secondary N) is 1. The molecule has 19 heteroatoms. The standard InChI is InChI=1S/C71H115NO18/c1-3-5-7-9-11-13-15-17-19-20-21-22-23-24-25-26-27-28-29-30-31-32-33-34-35-37-39-41-43-45-47-49-59(77)72-54(55(76)48-46-44-42-40-38-36-18-16-14-12-10-8-6-4-2)53-85-69-65(83)62(80)67(57(51-74)87-69)90-71-66(84)63(81)68(58(52-75)88-71)89-70-64(82)61(79)60(78)56(50-73)86-70/h5,7,11,13,17,19,21-22,24-25,27-28,30-31,33-34,37-40,46,48,54-58,60-71,73-76,78-84H,3-4,6,8-10,12,14-16,18,20,23,26,29,32,35-36,41-45,47,49-53H2,1-2H3,(H,72,77)/b7-5-,13-11-,19-17-,22-21-,25-24-,28-27-,31-30-,34-33-,39-37-,40-38+,48-46+. The van der Waals surface area contributed by atoms with E-state index in [-0.39, 0.29) is 12.3 Å². The Hall–Kier alpha value is -4.07. The molecule has 12 N–H and O–H groups in total. The quantitative estimate of drug-likeness (QED) is 0.0202. The molecule has 0 spiro atoms. The van der Waals surface area contributed by atoms with Crippen molar-refractivity contribution in [3.05, 3.63) is 134 Å². The second kappa shape index (κ2) is 51.4. The van der Waals surface area contributed by atoms with Crippen LogP contribution in [0.2, 0.25) is 0 Å². The lowest BCUT2D eigenvalue weighted by atomic mass is 9.96. The smallest absolute Gasteiger partial charge is 0.220 e. The van der Waals surface area contributed by atoms with Crippen molar-refractivity contribution >= 4 is 5.91 Å². The maximum atomic E-state index is 13.4. The van der Waals surface area contributed by atoms with E-state index in [1.54, 1.807) is 6.08 Å². The van der Waals surface area contributed by atoms with Crippen molar-refractivity contribution in [1.82, 2.24) is 5.32 Å². The Balaban J connectivity index is 1.45. The number of hydrogen-bond acceptors (Lipinski definition) is 18. The maximum absolute atomic E-state index is 13.4. The minimum atomic E-state index is -1.99. The first-order valence-corrected chi connectivity index (χ1v) is 33.4. The van der Waals surface area contributed by atoms with Gasteiger partial charge in [0.2, 0.25) is 5.91 Å². The first-order chi connectivity index (χ1) is 43.8. The summed E-state index contributed by atoms with van der Waals surface area (Å²) < 4.78 is 34.2. The molecule has 19 nitrogen and oxygen atoms in total. The summed E-state index contributed by atoms with van der Waals surface area (Å²) in [6.07, 6.45) is 44.3. The third kappa shape index (κ3) is 33.2. The molecule has 3 aliphatic heterocycles. The average Bonchev–Trinajstić information content (AvgIpc) is 0.908. The number of aliphatic hydroxyl groups excluding tert-OH is 11. The van der Waals surface area contributed by atoms with Gasteiger partial charge in [0.25, 0.3) is 0 Å². The van der Waals surface area contributed by atoms with Crippen molar-refractivity contribution in [2.45, 2.75) is 279 Å². The molecule has 3 aliphatic rings. The molecule has 0 aromatic rings. The van der Waals surface area contributed by atoms with Crippen LogP contribution in [0.5, 0.6) is 0 Å². The van der Waals surface area contributed by atoms with Crippen LogP contribution in [-0.4, -0.2) is 193 Å². The number of aliphatic hydroxyl groups is 11. The number of hydrogen-bond donors (Lipinski definition) is 12. The van der Waals surface area contributed by atoms with Crippen LogP contribution >= 0.6 is 0 Å². The molecule has 0 radical (unpaired) electrons. The van der Waals surface area contributed by atoms with Crippen molar-refractivity contribution in [1.29, 1.82) is 0 Å². The molecule has 3 heterocycles. The fourth-order valence-corrected chi connectivity index (χ4v) is 10.3. The molecule has 0 bridgehead atoms. The maximum Gasteiger partial charge on any atom is 0.220 e. The molecule has 0 saturated carbocycles. The van der Waals surface area contributed by atoms with Crippen molar-refractivity contribution < 1.29 is 89.4 Å². The Labute approximate surface area is 537 Å². The second-order valence-electron chi connectivity index (χ2n) is 23.2. The van der Waals surface area contributed by atoms with E-state index in [1.165, 1.54) is 44.9 Å². The summed E-state index contributed by atoms with van der Waals surface area (Å²) in [5.41, 5.74) is 0. The summed E-state index contributed by atoms with van der Waals surface area (Å²) in [7, 11) is 0. The van der Waals surface area contributed by atoms with Gasteiger partial charge in [-0.1, -0.05) is 199 Å². The molecular formula is C71H115NO18. The van der Waals surface area contributed by atoms with Gasteiger partial charge in [0.1, 0.15) is 73.2 Å². The molecule has 0 aromatic carbocycles. The summed E-state index contributed by atoms with van der Waals surface area (Å²) in [5, 5.41) is 120. The van der Waals surface area contributed by atoms with E-state index < -0.39 is 131 Å². The summed E-state index contributed by atoms with van der Waals surface area (Å²) in [4.78, 5) is 13.4. The molecule has 3 fully saturated rings. The molecule has 90 heavy (non-hydrogen) atoms. The minimum absolute atomic E-state index is 0.186. The lowest BCUT2D eigenvalue weighted by molar-refractivity contribution is -0.379. The summed E-state index contributed by atoms with van der Waals surface area (Å²) in [5.74, 6) is -0.325. The van der Waals surface area contributed by atoms with Gasteiger partial charge in [-0.3, -0.25) is 4.79 Å². The molecule has 3 saturated heterocycles. The number of rotatable bonds is 48. The Kier molecular flexibility index (Phi) is 45.7. The number of unbranched alkanes of at least 4 members (excludes halogenated alkanes) is 12. The third-order valence-corrected chi connectivity index (χ3v) is 15.7. The molecule has 0 aliphatic carbocycles. The van der Waals surface area contributed by atoms with E-state index in [4.69, 9.17) is 28.4 Å². The van der Waals surface area contributed by atoms with Crippen LogP contribution in [-0.2, 0) is 33.2 Å². The minimum Gasteiger partial charge on any atom is -0.394 e. The number of carbonyl (C=O) groups excluding carboxylic acids is 1. The van der Waals surface area contributed by atoms with Crippen LogP contribution in [0.25, 0.3) is 0 Å². The van der Waals surface area contributed by atoms with E-state index in [0.717, 1.165) is 96.3 Å². The van der Waals surface area contributed by atoms with E-state index in [0.29, 0.717) is 12.8 Å². The van der Waals surface area contributed by atoms with Crippen LogP contribution in [0.3, 0.4) is 0 Å². The number of ether oxygens (including phenoxy) is 6. The normalized spacial score (nSPS) is 28.9. The van der Waals surface area contributed by atoms with Gasteiger partial charge < -0.3 is 89.9 Å². The highest BCUT2D eigenvalue weighted by molar-refractivity contribution is 5.76. The summed E-state index contributed by atoms with van der Waals surface area (Å²) in [6.45, 7) is 1.53. The molecular weight excluding hydrogens is 1150 g/mol. The molecule has 512 valence electrons. The van der Waals surface area contributed by atoms with Crippen LogP contribution in [0, 0.1) is 0 Å². The zero-order valence-electron chi connectivity index (χ0n) is 53.8. The third-order valence-electron chi connectivity index (χ3n) is 15.7. The van der Waals surface area contributed by atoms with Crippen LogP contribution < -0.4 is 5.32 Å². The zero-order valence-corrected chi connectivity index (χ0v) is 53.8. The number of carbonyl (C=O) groups is 1. The Morgan fingerprint density at radius 2 is 0.778 bits per heavy atom. The van der Waals surface area contributed by atoms with Gasteiger partial charge in [0.05, 0.1) is 38.6 Å². The molecule has 17 unspecified atom stereocenters. The monoisotopic (exact) mass is 1270 g/mol. The van der Waals surface area contributed by atoms with Crippen molar-refractivity contribution in [2.75, 3.05) is 26.4 Å². The van der Waals surface area contributed by atoms with Gasteiger partial charge in [-0.2, -0.15) is 0 Å². The Morgan fingerprint density at radius 3 is 1.24 bits per heavy atom. The number of allylic oxidation sites excluding steroid dienone is 21. The number of amides is 1. The van der Waals surface area contributed by atoms with Gasteiger partial charge in [0.15, 0.2) is 18.9 Å². The van der Waals surface area contributed by atoms with E-state index >= 15 is 0 Å². The molecule has 17 atom stereocenters. The van der Waals surface area contributed by atoms with Gasteiger partial charge >= 0.3 is 0 Å². The first-order valence-electron chi connectivity index (χ1n) is 33.4. The average molecular weight is 1270 g/mol. The Morgan fingerprint density at radius 1 is 0.411 bits per heavy atom. The van der Waals surface area contributed by atoms with E-state index in [1.807, 2.05) is 6.08 Å². The second-order valence-corrected chi connectivity index (χ2v) is 23.2. The summed E-state index contributed by atoms with van der Waals surface area (Å²) >= 11 is 0. The highest BCUT2D eigenvalue weighted by Crippen LogP contribution is 2.33. The molecule has 0 aromatic heterocycles. The van der Waals surface area contributed by atoms with Gasteiger partial charge in [0, 0.05) is 6.42 Å². The molecule has 1 amide bonds. The highest BCUT2D eigenvalue weighted by atomic mass is 16.8. The SMILES string of the molecule is CC/C=C\C/C=C\C/C=C\C/C=C\C/C=C\C/C=C\C/C=C\C/C=C\C/C=C\CCCCCC(=O)NC(COC1OC(CO)C(OC2OC(CO)C(OC3OC(CO)C(O)C(O)C3O)C(O)C2O)C(O)C1O)C(O)/C=C/CC/C=C/CCCCCCCCCC. The molecule has 3 rings (SSSR count). The fraction of sp³-hybridized carbons (Fsp3) is 0.676. The zero-order chi connectivity index (χ0) is 65.4. The van der Waals surface area contributed by atoms with Gasteiger partial charge in [-0.05, 0) is 103 Å². The first kappa shape index (κ1) is 80.2. The largest absolute Gasteiger partial charge is 0.394 e. The van der Waals surface area contributed by atoms with Crippen molar-refractivity contribution in [3.8, 4) is 0 Å². The van der Waals surface area contributed by atoms with Gasteiger partial charge in [-0.15, -0.1) is 0 Å². The predicted octanol–water partition coefficient (Wildman–Crippen LogP) is 8.21. The highest BCUT2D eigenvalue weighted by Gasteiger charge is 2.53. The predicted molar refractivity (Wildman–Crippen MR) is 350 cm³/mol. The van der Waals surface area contributed by atoms with Crippen LogP contribution in [0.4, 0.5) is 0 Å². The van der Waals surface area contributed by atoms with Crippen LogP contribution in [0.1, 0.15) is 174 Å². The lowest BCUT2D eigenvalue weighted by Gasteiger charge is -2.48. The van der Waals surface area contributed by atoms with Gasteiger partial charge in [-0.25, -0.2) is 0 Å². The fourth-order valence-electron chi connectivity index (χ4n) is 10.3.